The molecule has 0 N–H and O–H groups in total. The molecule has 0 saturated heterocycles. The molecule has 0 aromatic heterocycles. The van der Waals surface area contributed by atoms with E-state index in [4.69, 9.17) is 18.3 Å². The van der Waals surface area contributed by atoms with Crippen LogP contribution < -0.4 is 0 Å². The summed E-state index contributed by atoms with van der Waals surface area (Å²) in [5.74, 6) is 0. The monoisotopic (exact) mass is 272 g/mol. The highest BCUT2D eigenvalue weighted by atomic mass is 28.4. The molecule has 17 heavy (non-hydrogen) atoms. The van der Waals surface area contributed by atoms with Gasteiger partial charge < -0.3 is 18.3 Å². The smallest absolute Gasteiger partial charge is 0.331 e. The van der Waals surface area contributed by atoms with Gasteiger partial charge in [0, 0.05) is 14.2 Å². The Kier molecular flexibility index (Phi) is 32.8. The molecule has 0 heterocycles. The van der Waals surface area contributed by atoms with Crippen LogP contribution in [-0.4, -0.2) is 49.2 Å². The molecule has 0 aliphatic heterocycles. The lowest BCUT2D eigenvalue weighted by molar-refractivity contribution is 0.0913. The van der Waals surface area contributed by atoms with Gasteiger partial charge in [-0.1, -0.05) is 29.7 Å². The van der Waals surface area contributed by atoms with Crippen molar-refractivity contribution >= 4 is 8.56 Å². The minimum absolute atomic E-state index is 0. The molecule has 0 bridgehead atoms. The lowest BCUT2D eigenvalue weighted by Gasteiger charge is -2.22. The molecule has 0 unspecified atom stereocenters. The number of ether oxygens (including phenoxy) is 2. The lowest BCUT2D eigenvalue weighted by atomic mass is 10.8. The zero-order valence-corrected chi connectivity index (χ0v) is 9.96. The maximum atomic E-state index is 5.55. The van der Waals surface area contributed by atoms with Crippen LogP contribution in [-0.2, 0) is 18.3 Å². The second kappa shape index (κ2) is 18.4. The Morgan fingerprint density at radius 1 is 0.647 bits per heavy atom. The lowest BCUT2D eigenvalue weighted by Crippen LogP contribution is -2.37. The van der Waals surface area contributed by atoms with Crippen molar-refractivity contribution in [2.75, 3.05) is 40.6 Å². The fraction of sp³-hybridized carbons (Fsp3) is 1.00. The van der Waals surface area contributed by atoms with Gasteiger partial charge in [0.15, 0.2) is 0 Å². The molecule has 0 fully saturated rings. The van der Waals surface area contributed by atoms with Crippen molar-refractivity contribution in [3.8, 4) is 0 Å². The first-order chi connectivity index (χ1) is 6.12. The molecule has 0 rings (SSSR count). The van der Waals surface area contributed by atoms with Gasteiger partial charge in [-0.15, -0.1) is 0 Å². The van der Waals surface area contributed by atoms with Crippen molar-refractivity contribution in [2.24, 2.45) is 0 Å². The molecule has 0 aliphatic carbocycles. The molecule has 0 aromatic rings. The molecule has 112 valence electrons. The second-order valence-corrected chi connectivity index (χ2v) is 6.46. The van der Waals surface area contributed by atoms with Crippen molar-refractivity contribution in [1.29, 1.82) is 0 Å². The van der Waals surface area contributed by atoms with Gasteiger partial charge in [0.05, 0.1) is 26.4 Å². The molecule has 0 radical (unpaired) electrons. The highest BCUT2D eigenvalue weighted by Gasteiger charge is 2.23. The standard InChI is InChI=1S/C8H20O4Si.4CH4/c1-9-5-7-11-13(3,4)12-8-6-10-2;;;;/h5-8H2,1-4H3;4*1H4. The molecule has 4 nitrogen and oxygen atoms in total. The van der Waals surface area contributed by atoms with Crippen molar-refractivity contribution < 1.29 is 18.3 Å². The number of rotatable bonds is 8. The molecular formula is C12H36O4Si. The Morgan fingerprint density at radius 2 is 0.941 bits per heavy atom. The first kappa shape index (κ1) is 30.3. The first-order valence-corrected chi connectivity index (χ1v) is 7.20. The van der Waals surface area contributed by atoms with E-state index in [-0.39, 0.29) is 29.7 Å². The Labute approximate surface area is 111 Å². The van der Waals surface area contributed by atoms with E-state index in [0.717, 1.165) is 0 Å². The van der Waals surface area contributed by atoms with Crippen LogP contribution in [0.5, 0.6) is 0 Å². The summed E-state index contributed by atoms with van der Waals surface area (Å²) in [6, 6.07) is 0. The minimum Gasteiger partial charge on any atom is -0.392 e. The number of hydrogen-bond acceptors (Lipinski definition) is 4. The summed E-state index contributed by atoms with van der Waals surface area (Å²) in [7, 11) is 1.38. The normalized spacial score (nSPS) is 9.18. The predicted molar refractivity (Wildman–Crippen MR) is 80.1 cm³/mol. The first-order valence-electron chi connectivity index (χ1n) is 4.38. The maximum Gasteiger partial charge on any atom is 0.331 e. The zero-order valence-electron chi connectivity index (χ0n) is 8.96. The zero-order chi connectivity index (χ0) is 10.2. The predicted octanol–water partition coefficient (Wildman–Crippen LogP) is 3.56. The van der Waals surface area contributed by atoms with E-state index >= 15 is 0 Å². The fourth-order valence-electron chi connectivity index (χ4n) is 0.783. The molecular weight excluding hydrogens is 236 g/mol. The largest absolute Gasteiger partial charge is 0.392 e. The second-order valence-electron chi connectivity index (χ2n) is 3.08. The van der Waals surface area contributed by atoms with E-state index in [1.165, 1.54) is 0 Å². The molecule has 0 spiro atoms. The third-order valence-corrected chi connectivity index (χ3v) is 3.27. The van der Waals surface area contributed by atoms with Gasteiger partial charge in [-0.25, -0.2) is 0 Å². The summed E-state index contributed by atoms with van der Waals surface area (Å²) in [5, 5.41) is 0. The third-order valence-electron chi connectivity index (χ3n) is 1.47. The average Bonchev–Trinajstić information content (AvgIpc) is 2.05. The maximum absolute atomic E-state index is 5.55. The van der Waals surface area contributed by atoms with Crippen LogP contribution in [0.4, 0.5) is 0 Å². The summed E-state index contributed by atoms with van der Waals surface area (Å²) in [5.41, 5.74) is 0. The minimum atomic E-state index is -1.94. The van der Waals surface area contributed by atoms with Crippen molar-refractivity contribution in [3.05, 3.63) is 0 Å². The van der Waals surface area contributed by atoms with Crippen molar-refractivity contribution in [3.63, 3.8) is 0 Å². The van der Waals surface area contributed by atoms with Gasteiger partial charge in [-0.3, -0.25) is 0 Å². The highest BCUT2D eigenvalue weighted by Crippen LogP contribution is 2.05. The van der Waals surface area contributed by atoms with Crippen LogP contribution >= 0.6 is 0 Å². The Balaban J connectivity index is -0.000000120. The summed E-state index contributed by atoms with van der Waals surface area (Å²) < 4.78 is 20.9. The SMILES string of the molecule is C.C.C.C.COCCO[Si](C)(C)OCCOC. The average molecular weight is 273 g/mol. The van der Waals surface area contributed by atoms with Crippen LogP contribution in [0.2, 0.25) is 13.1 Å². The van der Waals surface area contributed by atoms with Gasteiger partial charge in [0.2, 0.25) is 0 Å². The molecule has 0 saturated carbocycles. The van der Waals surface area contributed by atoms with Crippen LogP contribution in [0.15, 0.2) is 0 Å². The summed E-state index contributed by atoms with van der Waals surface area (Å²) in [4.78, 5) is 0. The number of methoxy groups -OCH3 is 2. The van der Waals surface area contributed by atoms with Gasteiger partial charge in [-0.2, -0.15) is 0 Å². The van der Waals surface area contributed by atoms with Gasteiger partial charge in [0.25, 0.3) is 0 Å². The van der Waals surface area contributed by atoms with E-state index in [2.05, 4.69) is 0 Å². The van der Waals surface area contributed by atoms with E-state index in [1.54, 1.807) is 14.2 Å². The topological polar surface area (TPSA) is 36.9 Å². The van der Waals surface area contributed by atoms with Gasteiger partial charge in [-0.05, 0) is 13.1 Å². The van der Waals surface area contributed by atoms with Crippen LogP contribution in [0.1, 0.15) is 29.7 Å². The van der Waals surface area contributed by atoms with E-state index in [0.29, 0.717) is 26.4 Å². The molecule has 0 aliphatic rings. The molecule has 0 atom stereocenters. The van der Waals surface area contributed by atoms with Crippen LogP contribution in [0.3, 0.4) is 0 Å². The molecule has 5 heteroatoms. The van der Waals surface area contributed by atoms with E-state index in [1.807, 2.05) is 13.1 Å². The summed E-state index contributed by atoms with van der Waals surface area (Å²) >= 11 is 0. The Bertz CT molecular complexity index is 109. The van der Waals surface area contributed by atoms with Gasteiger partial charge in [0.1, 0.15) is 0 Å². The Hall–Kier alpha value is 0.0569. The van der Waals surface area contributed by atoms with Gasteiger partial charge >= 0.3 is 8.56 Å². The van der Waals surface area contributed by atoms with E-state index < -0.39 is 8.56 Å². The highest BCUT2D eigenvalue weighted by molar-refractivity contribution is 6.64. The Morgan fingerprint density at radius 3 is 1.18 bits per heavy atom. The summed E-state index contributed by atoms with van der Waals surface area (Å²) in [6.07, 6.45) is 0. The summed E-state index contributed by atoms with van der Waals surface area (Å²) in [6.45, 7) is 6.45. The third kappa shape index (κ3) is 21.8. The molecule has 0 aromatic carbocycles. The number of hydrogen-bond donors (Lipinski definition) is 0. The van der Waals surface area contributed by atoms with E-state index in [9.17, 15) is 0 Å². The van der Waals surface area contributed by atoms with Crippen molar-refractivity contribution in [2.45, 2.75) is 42.8 Å². The fourth-order valence-corrected chi connectivity index (χ4v) is 2.02. The quantitative estimate of drug-likeness (QED) is 0.500. The molecule has 0 amide bonds. The van der Waals surface area contributed by atoms with Crippen LogP contribution in [0.25, 0.3) is 0 Å². The van der Waals surface area contributed by atoms with Crippen molar-refractivity contribution in [1.82, 2.24) is 0 Å². The van der Waals surface area contributed by atoms with Crippen LogP contribution in [0, 0.1) is 0 Å².